The van der Waals surface area contributed by atoms with Crippen molar-refractivity contribution in [2.24, 2.45) is 13.0 Å². The second kappa shape index (κ2) is 9.23. The number of carbonyl (C=O) groups is 1. The van der Waals surface area contributed by atoms with Crippen molar-refractivity contribution in [2.75, 3.05) is 18.4 Å². The number of amides is 1. The van der Waals surface area contributed by atoms with E-state index in [-0.39, 0.29) is 24.3 Å². The summed E-state index contributed by atoms with van der Waals surface area (Å²) in [7, 11) is 1.86. The minimum atomic E-state index is -1.12. The van der Waals surface area contributed by atoms with Gasteiger partial charge in [0.2, 0.25) is 5.91 Å². The number of pyridine rings is 1. The molecule has 0 bridgehead atoms. The van der Waals surface area contributed by atoms with Crippen LogP contribution in [0.5, 0.6) is 5.75 Å². The van der Waals surface area contributed by atoms with Crippen molar-refractivity contribution in [3.63, 3.8) is 0 Å². The maximum absolute atomic E-state index is 14.1. The summed E-state index contributed by atoms with van der Waals surface area (Å²) in [5.41, 5.74) is 2.99. The smallest absolute Gasteiger partial charge is 0.229 e. The fourth-order valence-corrected chi connectivity index (χ4v) is 4.37. The van der Waals surface area contributed by atoms with Crippen LogP contribution in [-0.4, -0.2) is 46.0 Å². The fourth-order valence-electron chi connectivity index (χ4n) is 4.37. The number of alkyl halides is 1. The van der Waals surface area contributed by atoms with E-state index < -0.39 is 12.3 Å². The summed E-state index contributed by atoms with van der Waals surface area (Å²) in [6.45, 7) is 0.931. The van der Waals surface area contributed by atoms with Crippen molar-refractivity contribution in [2.45, 2.75) is 31.0 Å². The molecule has 8 nitrogen and oxygen atoms in total. The quantitative estimate of drug-likeness (QED) is 0.586. The molecular formula is C25H25FN6O2. The number of ether oxygens (including phenoxy) is 1. The summed E-state index contributed by atoms with van der Waals surface area (Å²) in [5, 5.41) is 19.7. The Labute approximate surface area is 196 Å². The number of nitrogens with zero attached hydrogens (tertiary/aromatic N) is 4. The molecule has 4 atom stereocenters. The number of hydrogen-bond acceptors (Lipinski definition) is 6. The molecule has 2 aliphatic rings. The number of nitriles is 1. The topological polar surface area (TPSA) is 105 Å². The van der Waals surface area contributed by atoms with Gasteiger partial charge in [-0.1, -0.05) is 6.07 Å². The second-order valence-corrected chi connectivity index (χ2v) is 8.80. The van der Waals surface area contributed by atoms with Gasteiger partial charge in [-0.25, -0.2) is 9.37 Å². The first-order chi connectivity index (χ1) is 16.5. The molecule has 3 aromatic rings. The molecule has 0 spiro atoms. The number of aryl methyl sites for hydroxylation is 1. The molecule has 1 saturated carbocycles. The monoisotopic (exact) mass is 460 g/mol. The van der Waals surface area contributed by atoms with Crippen LogP contribution in [0.4, 0.5) is 10.2 Å². The molecule has 2 aromatic heterocycles. The first-order valence-electron chi connectivity index (χ1n) is 11.3. The SMILES string of the molecule is Cn1cc([C@@H]2C[C@H]2C(=O)Nc2cc(-c3ccc(O[C@H]4CCNC[C@H]4F)c(C#N)c3)ccn2)cn1. The number of carbonyl (C=O) groups excluding carboxylic acids is 1. The summed E-state index contributed by atoms with van der Waals surface area (Å²) >= 11 is 0. The van der Waals surface area contributed by atoms with E-state index in [2.05, 4.69) is 26.8 Å². The summed E-state index contributed by atoms with van der Waals surface area (Å²) in [5.74, 6) is 0.853. The Balaban J connectivity index is 1.28. The van der Waals surface area contributed by atoms with Crippen molar-refractivity contribution in [1.29, 1.82) is 5.26 Å². The number of halogens is 1. The lowest BCUT2D eigenvalue weighted by Crippen LogP contribution is -2.44. The van der Waals surface area contributed by atoms with E-state index in [1.807, 2.05) is 25.4 Å². The van der Waals surface area contributed by atoms with Crippen molar-refractivity contribution in [1.82, 2.24) is 20.1 Å². The molecule has 9 heteroatoms. The Morgan fingerprint density at radius 3 is 2.94 bits per heavy atom. The third kappa shape index (κ3) is 4.63. The molecule has 1 amide bonds. The summed E-state index contributed by atoms with van der Waals surface area (Å²) in [4.78, 5) is 17.0. The van der Waals surface area contributed by atoms with Crippen molar-refractivity contribution >= 4 is 11.7 Å². The van der Waals surface area contributed by atoms with Crippen LogP contribution >= 0.6 is 0 Å². The van der Waals surface area contributed by atoms with Gasteiger partial charge in [0.1, 0.15) is 29.9 Å². The predicted octanol–water partition coefficient (Wildman–Crippen LogP) is 3.17. The van der Waals surface area contributed by atoms with Gasteiger partial charge in [0, 0.05) is 31.9 Å². The van der Waals surface area contributed by atoms with E-state index in [1.165, 1.54) is 0 Å². The molecule has 2 N–H and O–H groups in total. The predicted molar refractivity (Wildman–Crippen MR) is 124 cm³/mol. The minimum absolute atomic E-state index is 0.0669. The highest BCUT2D eigenvalue weighted by atomic mass is 19.1. The first kappa shape index (κ1) is 22.0. The highest BCUT2D eigenvalue weighted by molar-refractivity contribution is 5.95. The lowest BCUT2D eigenvalue weighted by atomic mass is 10.0. The first-order valence-corrected chi connectivity index (χ1v) is 11.3. The third-order valence-corrected chi connectivity index (χ3v) is 6.35. The normalized spacial score (nSPS) is 23.7. The Morgan fingerprint density at radius 1 is 1.32 bits per heavy atom. The number of aromatic nitrogens is 3. The van der Waals surface area contributed by atoms with Crippen LogP contribution < -0.4 is 15.4 Å². The molecule has 3 heterocycles. The van der Waals surface area contributed by atoms with E-state index in [4.69, 9.17) is 4.74 Å². The van der Waals surface area contributed by atoms with E-state index in [0.29, 0.717) is 30.1 Å². The number of nitrogens with one attached hydrogen (secondary N) is 2. The fraction of sp³-hybridized carbons (Fsp3) is 0.360. The zero-order chi connectivity index (χ0) is 23.7. The Hall–Kier alpha value is -3.77. The van der Waals surface area contributed by atoms with Gasteiger partial charge in [-0.3, -0.25) is 9.48 Å². The van der Waals surface area contributed by atoms with Gasteiger partial charge in [0.15, 0.2) is 0 Å². The number of anilines is 1. The summed E-state index contributed by atoms with van der Waals surface area (Å²) < 4.78 is 21.7. The molecule has 5 rings (SSSR count). The lowest BCUT2D eigenvalue weighted by molar-refractivity contribution is -0.117. The Bertz CT molecular complexity index is 1250. The average molecular weight is 461 g/mol. The van der Waals surface area contributed by atoms with Crippen LogP contribution in [-0.2, 0) is 11.8 Å². The van der Waals surface area contributed by atoms with Crippen LogP contribution in [0.25, 0.3) is 11.1 Å². The maximum Gasteiger partial charge on any atom is 0.229 e. The average Bonchev–Trinajstić information content (AvgIpc) is 3.54. The van der Waals surface area contributed by atoms with Gasteiger partial charge >= 0.3 is 0 Å². The van der Waals surface area contributed by atoms with E-state index in [9.17, 15) is 14.4 Å². The van der Waals surface area contributed by atoms with E-state index in [1.54, 1.807) is 35.3 Å². The number of piperidine rings is 1. The van der Waals surface area contributed by atoms with Crippen LogP contribution in [0.3, 0.4) is 0 Å². The minimum Gasteiger partial charge on any atom is -0.486 e. The van der Waals surface area contributed by atoms with Gasteiger partial charge < -0.3 is 15.4 Å². The molecule has 2 fully saturated rings. The summed E-state index contributed by atoms with van der Waals surface area (Å²) in [6, 6.07) is 11.0. The Kier molecular flexibility index (Phi) is 5.99. The van der Waals surface area contributed by atoms with E-state index >= 15 is 0 Å². The van der Waals surface area contributed by atoms with Crippen LogP contribution in [0.2, 0.25) is 0 Å². The molecular weight excluding hydrogens is 435 g/mol. The van der Waals surface area contributed by atoms with Crippen molar-refractivity contribution in [3.05, 3.63) is 60.0 Å². The van der Waals surface area contributed by atoms with Gasteiger partial charge in [0.05, 0.1) is 11.8 Å². The zero-order valence-corrected chi connectivity index (χ0v) is 18.7. The molecule has 0 radical (unpaired) electrons. The highest BCUT2D eigenvalue weighted by Crippen LogP contribution is 2.47. The standard InChI is InChI=1S/C25H25FN6O2/c1-32-14-18(12-30-32)19-10-20(19)25(33)31-24-9-16(4-7-29-24)15-2-3-22(17(8-15)11-27)34-23-5-6-28-13-21(23)26/h2-4,7-9,12,14,19-21,23,28H,5-6,10,13H2,1H3,(H,29,31,33)/t19-,20+,21+,23-/m0/s1. The van der Waals surface area contributed by atoms with Gasteiger partial charge in [-0.15, -0.1) is 0 Å². The van der Waals surface area contributed by atoms with Crippen molar-refractivity contribution < 1.29 is 13.9 Å². The van der Waals surface area contributed by atoms with Crippen LogP contribution in [0, 0.1) is 17.2 Å². The third-order valence-electron chi connectivity index (χ3n) is 6.35. The van der Waals surface area contributed by atoms with Crippen LogP contribution in [0.1, 0.15) is 29.9 Å². The molecule has 1 aromatic carbocycles. The van der Waals surface area contributed by atoms with Gasteiger partial charge in [-0.05, 0) is 66.3 Å². The highest BCUT2D eigenvalue weighted by Gasteiger charge is 2.44. The second-order valence-electron chi connectivity index (χ2n) is 8.80. The maximum atomic E-state index is 14.1. The summed E-state index contributed by atoms with van der Waals surface area (Å²) in [6.07, 6.45) is 5.02. The lowest BCUT2D eigenvalue weighted by Gasteiger charge is -2.27. The van der Waals surface area contributed by atoms with Gasteiger partial charge in [-0.2, -0.15) is 10.4 Å². The number of hydrogen-bond donors (Lipinski definition) is 2. The van der Waals surface area contributed by atoms with E-state index in [0.717, 1.165) is 23.1 Å². The molecule has 34 heavy (non-hydrogen) atoms. The molecule has 1 saturated heterocycles. The Morgan fingerprint density at radius 2 is 2.18 bits per heavy atom. The number of rotatable bonds is 6. The van der Waals surface area contributed by atoms with Gasteiger partial charge in [0.25, 0.3) is 0 Å². The molecule has 1 aliphatic carbocycles. The molecule has 174 valence electrons. The number of benzene rings is 1. The molecule has 1 aliphatic heterocycles. The molecule has 0 unspecified atom stereocenters. The largest absolute Gasteiger partial charge is 0.486 e. The zero-order valence-electron chi connectivity index (χ0n) is 18.7. The van der Waals surface area contributed by atoms with Crippen molar-refractivity contribution in [3.8, 4) is 22.9 Å². The van der Waals surface area contributed by atoms with Crippen LogP contribution in [0.15, 0.2) is 48.9 Å².